The fraction of sp³-hybridized carbons (Fsp3) is 0.714. The summed E-state index contributed by atoms with van der Waals surface area (Å²) in [6, 6.07) is 9.68. The molecule has 1 saturated carbocycles. The quantitative estimate of drug-likeness (QED) is 0.842. The van der Waals surface area contributed by atoms with Gasteiger partial charge in [-0.2, -0.15) is 0 Å². The van der Waals surface area contributed by atoms with E-state index in [1.807, 2.05) is 0 Å². The summed E-state index contributed by atoms with van der Waals surface area (Å²) in [6.07, 6.45) is 9.89. The first-order valence-corrected chi connectivity index (χ1v) is 9.79. The Morgan fingerprint density at radius 1 is 1.09 bits per heavy atom. The van der Waals surface area contributed by atoms with Crippen LogP contribution in [0.5, 0.6) is 0 Å². The first-order valence-electron chi connectivity index (χ1n) is 9.79. The number of rotatable bonds is 5. The van der Waals surface area contributed by atoms with Gasteiger partial charge in [0.05, 0.1) is 0 Å². The molecular weight excluding hydrogens is 280 g/mol. The Morgan fingerprint density at radius 2 is 1.91 bits per heavy atom. The zero-order valence-corrected chi connectivity index (χ0v) is 15.1. The van der Waals surface area contributed by atoms with Crippen LogP contribution in [-0.4, -0.2) is 25.7 Å². The summed E-state index contributed by atoms with van der Waals surface area (Å²) in [4.78, 5) is 2.61. The van der Waals surface area contributed by atoms with Crippen molar-refractivity contribution >= 4 is 5.69 Å². The molecule has 1 N–H and O–H groups in total. The van der Waals surface area contributed by atoms with Crippen molar-refractivity contribution in [3.8, 4) is 0 Å². The largest absolute Gasteiger partial charge is 0.370 e. The average molecular weight is 315 g/mol. The van der Waals surface area contributed by atoms with Gasteiger partial charge in [0.1, 0.15) is 0 Å². The highest BCUT2D eigenvalue weighted by Gasteiger charge is 2.27. The third-order valence-corrected chi connectivity index (χ3v) is 5.90. The highest BCUT2D eigenvalue weighted by Crippen LogP contribution is 2.27. The molecule has 0 spiro atoms. The lowest BCUT2D eigenvalue weighted by atomic mass is 9.88. The smallest absolute Gasteiger partial charge is 0.0369 e. The maximum Gasteiger partial charge on any atom is 0.0369 e. The molecule has 1 aliphatic heterocycles. The molecule has 0 aromatic heterocycles. The Labute approximate surface area is 142 Å². The fourth-order valence-electron chi connectivity index (χ4n) is 4.41. The van der Waals surface area contributed by atoms with Gasteiger partial charge in [-0.1, -0.05) is 44.7 Å². The molecular formula is C21H34N2. The molecule has 2 unspecified atom stereocenters. The molecule has 0 bridgehead atoms. The normalized spacial score (nSPS) is 26.4. The maximum absolute atomic E-state index is 3.93. The van der Waals surface area contributed by atoms with Crippen molar-refractivity contribution in [1.29, 1.82) is 0 Å². The summed E-state index contributed by atoms with van der Waals surface area (Å²) in [6.45, 7) is 8.18. The number of benzene rings is 1. The van der Waals surface area contributed by atoms with Crippen molar-refractivity contribution in [1.82, 2.24) is 5.32 Å². The maximum atomic E-state index is 3.93. The van der Waals surface area contributed by atoms with Crippen LogP contribution in [0.25, 0.3) is 0 Å². The fourth-order valence-corrected chi connectivity index (χ4v) is 4.41. The van der Waals surface area contributed by atoms with Crippen LogP contribution in [0.2, 0.25) is 0 Å². The molecule has 2 aliphatic rings. The van der Waals surface area contributed by atoms with Gasteiger partial charge in [0.15, 0.2) is 0 Å². The van der Waals surface area contributed by atoms with Crippen LogP contribution in [-0.2, 0) is 0 Å². The molecule has 2 heteroatoms. The monoisotopic (exact) mass is 314 g/mol. The van der Waals surface area contributed by atoms with Gasteiger partial charge >= 0.3 is 0 Å². The van der Waals surface area contributed by atoms with E-state index < -0.39 is 0 Å². The number of aryl methyl sites for hydroxylation is 1. The van der Waals surface area contributed by atoms with E-state index >= 15 is 0 Å². The topological polar surface area (TPSA) is 15.3 Å². The van der Waals surface area contributed by atoms with E-state index in [2.05, 4.69) is 48.3 Å². The summed E-state index contributed by atoms with van der Waals surface area (Å²) in [7, 11) is 0. The molecule has 1 aromatic rings. The van der Waals surface area contributed by atoms with Crippen molar-refractivity contribution in [2.45, 2.75) is 64.8 Å². The Bertz CT molecular complexity index is 478. The molecule has 0 radical (unpaired) electrons. The van der Waals surface area contributed by atoms with E-state index in [1.54, 1.807) is 0 Å². The van der Waals surface area contributed by atoms with E-state index in [-0.39, 0.29) is 0 Å². The number of piperidine rings is 1. The minimum absolute atomic E-state index is 0.663. The molecule has 2 atom stereocenters. The average Bonchev–Trinajstić information content (AvgIpc) is 2.60. The number of hydrogen-bond acceptors (Lipinski definition) is 2. The lowest BCUT2D eigenvalue weighted by Gasteiger charge is -2.40. The summed E-state index contributed by atoms with van der Waals surface area (Å²) >= 11 is 0. The molecule has 2 fully saturated rings. The minimum atomic E-state index is 0.663. The molecule has 2 nitrogen and oxygen atoms in total. The minimum Gasteiger partial charge on any atom is -0.370 e. The Morgan fingerprint density at radius 3 is 2.65 bits per heavy atom. The first-order chi connectivity index (χ1) is 11.2. The Kier molecular flexibility index (Phi) is 5.99. The molecule has 1 aliphatic carbocycles. The molecule has 1 saturated heterocycles. The van der Waals surface area contributed by atoms with E-state index in [4.69, 9.17) is 0 Å². The van der Waals surface area contributed by atoms with Crippen LogP contribution in [0.1, 0.15) is 57.4 Å². The van der Waals surface area contributed by atoms with Gasteiger partial charge in [-0.3, -0.25) is 0 Å². The van der Waals surface area contributed by atoms with Crippen molar-refractivity contribution < 1.29 is 0 Å². The van der Waals surface area contributed by atoms with Crippen molar-refractivity contribution in [3.63, 3.8) is 0 Å². The van der Waals surface area contributed by atoms with Crippen LogP contribution in [0, 0.1) is 18.8 Å². The van der Waals surface area contributed by atoms with Crippen molar-refractivity contribution in [2.24, 2.45) is 11.8 Å². The lowest BCUT2D eigenvalue weighted by molar-refractivity contribution is 0.285. The van der Waals surface area contributed by atoms with Gasteiger partial charge in [-0.15, -0.1) is 0 Å². The van der Waals surface area contributed by atoms with Gasteiger partial charge in [0, 0.05) is 24.8 Å². The van der Waals surface area contributed by atoms with E-state index in [0.29, 0.717) is 6.04 Å². The highest BCUT2D eigenvalue weighted by molar-refractivity contribution is 5.49. The van der Waals surface area contributed by atoms with Crippen molar-refractivity contribution in [3.05, 3.63) is 29.8 Å². The molecule has 0 amide bonds. The van der Waals surface area contributed by atoms with Gasteiger partial charge in [-0.05, 0) is 62.3 Å². The zero-order valence-electron chi connectivity index (χ0n) is 15.1. The number of anilines is 1. The summed E-state index contributed by atoms with van der Waals surface area (Å²) in [5.74, 6) is 1.76. The standard InChI is InChI=1S/C21H34N2/c1-3-18-13-20(22-14-19-9-5-4-6-10-19)16-23(15-18)21-11-7-8-17(2)12-21/h7-8,11-12,18-20,22H,3-6,9-10,13-16H2,1-2H3. The van der Waals surface area contributed by atoms with Gasteiger partial charge in [0.25, 0.3) is 0 Å². The number of hydrogen-bond donors (Lipinski definition) is 1. The highest BCUT2D eigenvalue weighted by atomic mass is 15.2. The first kappa shape index (κ1) is 16.8. The predicted molar refractivity (Wildman–Crippen MR) is 100 cm³/mol. The Hall–Kier alpha value is -1.02. The number of nitrogens with zero attached hydrogens (tertiary/aromatic N) is 1. The van der Waals surface area contributed by atoms with Crippen LogP contribution in [0.3, 0.4) is 0 Å². The summed E-state index contributed by atoms with van der Waals surface area (Å²) in [5.41, 5.74) is 2.78. The summed E-state index contributed by atoms with van der Waals surface area (Å²) in [5, 5.41) is 3.93. The lowest BCUT2D eigenvalue weighted by Crippen LogP contribution is -2.50. The van der Waals surface area contributed by atoms with Gasteiger partial charge < -0.3 is 10.2 Å². The van der Waals surface area contributed by atoms with E-state index in [0.717, 1.165) is 11.8 Å². The second kappa shape index (κ2) is 8.19. The summed E-state index contributed by atoms with van der Waals surface area (Å²) < 4.78 is 0. The second-order valence-electron chi connectivity index (χ2n) is 7.86. The van der Waals surface area contributed by atoms with Gasteiger partial charge in [0.2, 0.25) is 0 Å². The van der Waals surface area contributed by atoms with Crippen molar-refractivity contribution in [2.75, 3.05) is 24.5 Å². The Balaban J connectivity index is 1.59. The molecule has 3 rings (SSSR count). The predicted octanol–water partition coefficient (Wildman–Crippen LogP) is 4.77. The molecule has 1 aromatic carbocycles. The molecule has 128 valence electrons. The van der Waals surface area contributed by atoms with Crippen LogP contribution in [0.15, 0.2) is 24.3 Å². The number of nitrogens with one attached hydrogen (secondary N) is 1. The third kappa shape index (κ3) is 4.73. The zero-order chi connectivity index (χ0) is 16.1. The third-order valence-electron chi connectivity index (χ3n) is 5.90. The van der Waals surface area contributed by atoms with Crippen LogP contribution < -0.4 is 10.2 Å². The van der Waals surface area contributed by atoms with Crippen LogP contribution >= 0.6 is 0 Å². The van der Waals surface area contributed by atoms with E-state index in [9.17, 15) is 0 Å². The SMILES string of the molecule is CCC1CC(NCC2CCCCC2)CN(c2cccc(C)c2)C1. The second-order valence-corrected chi connectivity index (χ2v) is 7.86. The van der Waals surface area contributed by atoms with Gasteiger partial charge in [-0.25, -0.2) is 0 Å². The molecule has 1 heterocycles. The van der Waals surface area contributed by atoms with E-state index in [1.165, 1.54) is 75.8 Å². The van der Waals surface area contributed by atoms with Crippen LogP contribution in [0.4, 0.5) is 5.69 Å². The molecule has 23 heavy (non-hydrogen) atoms.